The van der Waals surface area contributed by atoms with Crippen LogP contribution in [0.2, 0.25) is 0 Å². The molecule has 2 heteroatoms. The first-order chi connectivity index (χ1) is 33.2. The van der Waals surface area contributed by atoms with Gasteiger partial charge < -0.3 is 9.47 Å². The lowest BCUT2D eigenvalue weighted by Crippen LogP contribution is -2.16. The number of aromatic nitrogens is 1. The fourth-order valence-corrected chi connectivity index (χ4v) is 10.7. The molecule has 1 aromatic heterocycles. The van der Waals surface area contributed by atoms with Crippen LogP contribution < -0.4 is 4.90 Å². The number of hydrogen-bond donors (Lipinski definition) is 0. The van der Waals surface area contributed by atoms with Crippen molar-refractivity contribution < 1.29 is 0 Å². The summed E-state index contributed by atoms with van der Waals surface area (Å²) in [5, 5.41) is 10.1. The summed E-state index contributed by atoms with van der Waals surface area (Å²) < 4.78 is 2.47. The molecule has 1 heterocycles. The van der Waals surface area contributed by atoms with E-state index in [-0.39, 0.29) is 21.7 Å². The van der Waals surface area contributed by atoms with Crippen molar-refractivity contribution in [1.82, 2.24) is 4.57 Å². The molecule has 2 nitrogen and oxygen atoms in total. The number of hydrogen-bond acceptors (Lipinski definition) is 1. The first-order valence-corrected chi connectivity index (χ1v) is 25.2. The summed E-state index contributed by atoms with van der Waals surface area (Å²) in [6.45, 7) is 27.8. The van der Waals surface area contributed by atoms with Crippen molar-refractivity contribution in [2.24, 2.45) is 0 Å². The molecule has 0 saturated carbocycles. The van der Waals surface area contributed by atoms with Crippen molar-refractivity contribution in [1.29, 1.82) is 0 Å². The maximum Gasteiger partial charge on any atom is 0.0541 e. The summed E-state index contributed by atoms with van der Waals surface area (Å²) in [6.07, 6.45) is 0. The van der Waals surface area contributed by atoms with E-state index in [1.165, 1.54) is 104 Å². The summed E-state index contributed by atoms with van der Waals surface area (Å²) in [4.78, 5) is 2.50. The van der Waals surface area contributed by atoms with Gasteiger partial charge in [-0.2, -0.15) is 0 Å². The zero-order valence-corrected chi connectivity index (χ0v) is 43.2. The zero-order chi connectivity index (χ0) is 49.1. The van der Waals surface area contributed by atoms with Gasteiger partial charge in [0.25, 0.3) is 0 Å². The molecule has 0 radical (unpaired) electrons. The zero-order valence-electron chi connectivity index (χ0n) is 43.2. The van der Waals surface area contributed by atoms with Crippen LogP contribution in [0.5, 0.6) is 0 Å². The summed E-state index contributed by atoms with van der Waals surface area (Å²) in [7, 11) is 0. The van der Waals surface area contributed by atoms with E-state index < -0.39 is 0 Å². The Morgan fingerprint density at radius 2 is 0.771 bits per heavy atom. The molecule has 0 saturated heterocycles. The lowest BCUT2D eigenvalue weighted by molar-refractivity contribution is 0.568. The highest BCUT2D eigenvalue weighted by atomic mass is 15.1. The molecule has 0 N–H and O–H groups in total. The van der Waals surface area contributed by atoms with Gasteiger partial charge in [-0.3, -0.25) is 0 Å². The quantitative estimate of drug-likeness (QED) is 0.151. The molecule has 0 unspecified atom stereocenters. The van der Waals surface area contributed by atoms with Crippen LogP contribution in [0.15, 0.2) is 182 Å². The van der Waals surface area contributed by atoms with E-state index in [1.54, 1.807) is 0 Å². The van der Waals surface area contributed by atoms with E-state index in [0.717, 1.165) is 17.1 Å². The Labute approximate surface area is 415 Å². The fraction of sp³-hybridized carbons (Fsp3) is 0.235. The molecule has 0 fully saturated rings. The summed E-state index contributed by atoms with van der Waals surface area (Å²) in [5.74, 6) is 0. The predicted molar refractivity (Wildman–Crippen MR) is 305 cm³/mol. The van der Waals surface area contributed by atoms with Crippen molar-refractivity contribution in [3.63, 3.8) is 0 Å². The number of benzene rings is 10. The van der Waals surface area contributed by atoms with Crippen molar-refractivity contribution in [2.45, 2.75) is 105 Å². The maximum atomic E-state index is 2.50. The molecule has 0 spiro atoms. The molecule has 0 atom stereocenters. The summed E-state index contributed by atoms with van der Waals surface area (Å²) in [6, 6.07) is 69.4. The highest BCUT2D eigenvalue weighted by Gasteiger charge is 2.25. The molecule has 0 aliphatic heterocycles. The molecule has 0 bridgehead atoms. The first-order valence-electron chi connectivity index (χ1n) is 25.2. The molecule has 70 heavy (non-hydrogen) atoms. The van der Waals surface area contributed by atoms with Crippen molar-refractivity contribution in [3.05, 3.63) is 204 Å². The average Bonchev–Trinajstić information content (AvgIpc) is 3.66. The summed E-state index contributed by atoms with van der Waals surface area (Å²) in [5.41, 5.74) is 17.4. The Morgan fingerprint density at radius 1 is 0.314 bits per heavy atom. The Bertz CT molecular complexity index is 3680. The predicted octanol–water partition coefficient (Wildman–Crippen LogP) is 19.7. The minimum atomic E-state index is 0.00454. The van der Waals surface area contributed by atoms with E-state index in [4.69, 9.17) is 0 Å². The van der Waals surface area contributed by atoms with Gasteiger partial charge in [0, 0.05) is 32.9 Å². The minimum Gasteiger partial charge on any atom is -0.310 e. The molecule has 10 aromatic carbocycles. The van der Waals surface area contributed by atoms with Gasteiger partial charge in [0.15, 0.2) is 0 Å². The second-order valence-corrected chi connectivity index (χ2v) is 24.0. The monoisotopic (exact) mass is 911 g/mol. The maximum absolute atomic E-state index is 2.50. The second kappa shape index (κ2) is 16.2. The van der Waals surface area contributed by atoms with E-state index in [9.17, 15) is 0 Å². The lowest BCUT2D eigenvalue weighted by atomic mass is 9.79. The van der Waals surface area contributed by atoms with E-state index in [1.807, 2.05) is 0 Å². The molecular weight excluding hydrogens is 845 g/mol. The minimum absolute atomic E-state index is 0.00454. The van der Waals surface area contributed by atoms with Gasteiger partial charge in [-0.05, 0) is 136 Å². The van der Waals surface area contributed by atoms with Crippen molar-refractivity contribution in [3.8, 4) is 27.9 Å². The first kappa shape index (κ1) is 45.3. The van der Waals surface area contributed by atoms with Gasteiger partial charge in [0.1, 0.15) is 0 Å². The largest absolute Gasteiger partial charge is 0.310 e. The highest BCUT2D eigenvalue weighted by Crippen LogP contribution is 2.47. The number of fused-ring (bicyclic) bond motifs is 3. The molecule has 348 valence electrons. The van der Waals surface area contributed by atoms with Gasteiger partial charge in [0.05, 0.1) is 22.4 Å². The lowest BCUT2D eigenvalue weighted by Gasteiger charge is -2.29. The van der Waals surface area contributed by atoms with Crippen LogP contribution in [0.4, 0.5) is 17.1 Å². The van der Waals surface area contributed by atoms with Crippen molar-refractivity contribution in [2.75, 3.05) is 4.90 Å². The van der Waals surface area contributed by atoms with Gasteiger partial charge >= 0.3 is 0 Å². The number of anilines is 3. The fourth-order valence-electron chi connectivity index (χ4n) is 10.7. The Hall–Kier alpha value is -7.16. The Kier molecular flexibility index (Phi) is 10.5. The third-order valence-electron chi connectivity index (χ3n) is 14.9. The van der Waals surface area contributed by atoms with Crippen LogP contribution in [0.3, 0.4) is 0 Å². The second-order valence-electron chi connectivity index (χ2n) is 24.0. The average molecular weight is 911 g/mol. The normalized spacial score (nSPS) is 12.9. The number of para-hydroxylation sites is 2. The van der Waals surface area contributed by atoms with Crippen LogP contribution in [-0.2, 0) is 21.7 Å². The highest BCUT2D eigenvalue weighted by molar-refractivity contribution is 6.27. The van der Waals surface area contributed by atoms with Crippen molar-refractivity contribution >= 4 is 71.2 Å². The molecule has 11 aromatic rings. The summed E-state index contributed by atoms with van der Waals surface area (Å²) >= 11 is 0. The van der Waals surface area contributed by atoms with Crippen LogP contribution in [0.25, 0.3) is 82.1 Å². The van der Waals surface area contributed by atoms with Gasteiger partial charge in [0.2, 0.25) is 0 Å². The molecule has 11 rings (SSSR count). The van der Waals surface area contributed by atoms with Crippen LogP contribution in [-0.4, -0.2) is 4.57 Å². The van der Waals surface area contributed by atoms with E-state index in [2.05, 4.69) is 275 Å². The standard InChI is InChI=1S/C68H66N2/c1-65(2,3)49-36-47(37-50(41-49)66(4,5)6)43-24-30-53(31-25-43)69(54-19-17-18-46(40-54)48-38-51(67(7,8)9)42-52(39-48)68(10,11)12)61-34-28-44-27-33-58-62(35-29-45-26-32-57(61)63(44)64(45)58)70-59-22-15-13-20-55(59)56-21-14-16-23-60(56)70/h13-42H,1-12H3. The third kappa shape index (κ3) is 7.83. The SMILES string of the molecule is CC(C)(C)c1cc(-c2ccc(N(c3cccc(-c4cc(C(C)(C)C)cc(C(C)(C)C)c4)c3)c3ccc4ccc5c(-n6c7ccccc7c7ccccc76)ccc6ccc3c4c65)cc2)cc(C(C)(C)C)c1. The van der Waals surface area contributed by atoms with Gasteiger partial charge in [-0.15, -0.1) is 0 Å². The number of rotatable bonds is 6. The third-order valence-corrected chi connectivity index (χ3v) is 14.9. The smallest absolute Gasteiger partial charge is 0.0541 e. The van der Waals surface area contributed by atoms with Crippen LogP contribution >= 0.6 is 0 Å². The van der Waals surface area contributed by atoms with Gasteiger partial charge in [-0.25, -0.2) is 0 Å². The molecule has 0 aliphatic carbocycles. The topological polar surface area (TPSA) is 8.17 Å². The van der Waals surface area contributed by atoms with Gasteiger partial charge in [-0.1, -0.05) is 217 Å². The number of nitrogens with zero attached hydrogens (tertiary/aromatic N) is 2. The van der Waals surface area contributed by atoms with E-state index >= 15 is 0 Å². The molecule has 0 amide bonds. The molecule has 0 aliphatic rings. The van der Waals surface area contributed by atoms with Crippen LogP contribution in [0, 0.1) is 0 Å². The Balaban J connectivity index is 1.14. The van der Waals surface area contributed by atoms with E-state index in [0.29, 0.717) is 0 Å². The Morgan fingerprint density at radius 3 is 1.30 bits per heavy atom. The molecular formula is C68H66N2. The van der Waals surface area contributed by atoms with Crippen LogP contribution in [0.1, 0.15) is 105 Å².